The highest BCUT2D eigenvalue weighted by molar-refractivity contribution is 5.82. The molecular formula is C22H26N2O5. The molecule has 0 aromatic heterocycles. The van der Waals surface area contributed by atoms with Crippen LogP contribution in [0.1, 0.15) is 43.7 Å². The van der Waals surface area contributed by atoms with E-state index in [0.717, 1.165) is 18.7 Å². The van der Waals surface area contributed by atoms with E-state index in [1.807, 2.05) is 23.1 Å². The van der Waals surface area contributed by atoms with Gasteiger partial charge in [-0.15, -0.1) is 0 Å². The Morgan fingerprint density at radius 1 is 1.24 bits per heavy atom. The molecule has 154 valence electrons. The molecule has 0 unspecified atom stereocenters. The number of benzene rings is 1. The average molecular weight is 398 g/mol. The van der Waals surface area contributed by atoms with Gasteiger partial charge in [-0.2, -0.15) is 0 Å². The first-order chi connectivity index (χ1) is 13.7. The van der Waals surface area contributed by atoms with Gasteiger partial charge in [-0.3, -0.25) is 9.59 Å². The second-order valence-corrected chi connectivity index (χ2v) is 9.74. The molecule has 7 heteroatoms. The summed E-state index contributed by atoms with van der Waals surface area (Å²) in [6, 6.07) is 7.93. The van der Waals surface area contributed by atoms with Crippen molar-refractivity contribution >= 4 is 18.0 Å². The number of alkyl carbamates (subject to hydrolysis) is 1. The number of carbonyl (C=O) groups is 3. The Bertz CT molecular complexity index is 892. The molecule has 7 nitrogen and oxygen atoms in total. The highest BCUT2D eigenvalue weighted by atomic mass is 16.6. The Kier molecular flexibility index (Phi) is 3.80. The first-order valence-corrected chi connectivity index (χ1v) is 10.3. The largest absolute Gasteiger partial charge is 0.481 e. The van der Waals surface area contributed by atoms with Crippen LogP contribution in [0, 0.1) is 17.8 Å². The zero-order valence-corrected chi connectivity index (χ0v) is 16.7. The molecule has 1 aromatic carbocycles. The van der Waals surface area contributed by atoms with E-state index in [2.05, 4.69) is 11.4 Å². The van der Waals surface area contributed by atoms with E-state index < -0.39 is 11.4 Å². The number of rotatable bonds is 4. The number of hydrogen-bond acceptors (Lipinski definition) is 4. The third-order valence-corrected chi connectivity index (χ3v) is 7.50. The monoisotopic (exact) mass is 398 g/mol. The lowest BCUT2D eigenvalue weighted by molar-refractivity contribution is -0.142. The molecule has 29 heavy (non-hydrogen) atoms. The van der Waals surface area contributed by atoms with Gasteiger partial charge in [0.05, 0.1) is 11.0 Å². The van der Waals surface area contributed by atoms with Gasteiger partial charge < -0.3 is 20.1 Å². The molecule has 4 fully saturated rings. The van der Waals surface area contributed by atoms with Crippen LogP contribution in [0.4, 0.5) is 4.79 Å². The molecule has 2 saturated carbocycles. The summed E-state index contributed by atoms with van der Waals surface area (Å²) in [5, 5.41) is 12.3. The third kappa shape index (κ3) is 2.81. The van der Waals surface area contributed by atoms with Crippen LogP contribution in [0.25, 0.3) is 0 Å². The summed E-state index contributed by atoms with van der Waals surface area (Å²) < 4.78 is 4.99. The lowest BCUT2D eigenvalue weighted by atomic mass is 9.68. The minimum absolute atomic E-state index is 0.0207. The fourth-order valence-corrected chi connectivity index (χ4v) is 5.49. The first-order valence-electron chi connectivity index (χ1n) is 10.3. The number of carbonyl (C=O) groups excluding carboxylic acids is 2. The Morgan fingerprint density at radius 2 is 1.93 bits per heavy atom. The molecule has 1 spiro atoms. The molecule has 0 bridgehead atoms. The maximum Gasteiger partial charge on any atom is 0.407 e. The molecule has 4 aliphatic rings. The summed E-state index contributed by atoms with van der Waals surface area (Å²) in [4.78, 5) is 37.6. The van der Waals surface area contributed by atoms with Gasteiger partial charge in [-0.05, 0) is 55.6 Å². The predicted octanol–water partition coefficient (Wildman–Crippen LogP) is 2.11. The van der Waals surface area contributed by atoms with Crippen LogP contribution in [0.3, 0.4) is 0 Å². The quantitative estimate of drug-likeness (QED) is 0.810. The number of ether oxygens (including phenoxy) is 1. The van der Waals surface area contributed by atoms with Crippen LogP contribution in [0.2, 0.25) is 0 Å². The number of aliphatic carboxylic acids is 1. The highest BCUT2D eigenvalue weighted by Gasteiger charge is 2.59. The first kappa shape index (κ1) is 18.5. The topological polar surface area (TPSA) is 95.9 Å². The number of fused-ring (bicyclic) bond motifs is 1. The van der Waals surface area contributed by atoms with Crippen LogP contribution in [-0.4, -0.2) is 53.2 Å². The highest BCUT2D eigenvalue weighted by Crippen LogP contribution is 2.59. The second kappa shape index (κ2) is 5.97. The van der Waals surface area contributed by atoms with Crippen LogP contribution < -0.4 is 5.32 Å². The van der Waals surface area contributed by atoms with Gasteiger partial charge in [0.2, 0.25) is 5.91 Å². The van der Waals surface area contributed by atoms with Crippen molar-refractivity contribution in [2.45, 2.75) is 43.6 Å². The predicted molar refractivity (Wildman–Crippen MR) is 103 cm³/mol. The number of carboxylic acid groups (broad SMARTS) is 1. The van der Waals surface area contributed by atoms with Gasteiger partial charge in [-0.1, -0.05) is 24.3 Å². The smallest absolute Gasteiger partial charge is 0.407 e. The zero-order chi connectivity index (χ0) is 20.6. The molecule has 2 aliphatic heterocycles. The van der Waals surface area contributed by atoms with Crippen LogP contribution in [-0.2, 0) is 19.7 Å². The Balaban J connectivity index is 1.20. The van der Waals surface area contributed by atoms with Gasteiger partial charge in [0.15, 0.2) is 0 Å². The lowest BCUT2D eigenvalue weighted by Crippen LogP contribution is -2.58. The Labute approximate surface area is 169 Å². The average Bonchev–Trinajstić information content (AvgIpc) is 2.99. The molecular weight excluding hydrogens is 372 g/mol. The van der Waals surface area contributed by atoms with E-state index in [0.29, 0.717) is 37.2 Å². The molecule has 2 saturated heterocycles. The van der Waals surface area contributed by atoms with E-state index in [-0.39, 0.29) is 23.5 Å². The van der Waals surface area contributed by atoms with Gasteiger partial charge in [0, 0.05) is 19.0 Å². The number of nitrogens with zero attached hydrogens (tertiary/aromatic N) is 1. The van der Waals surface area contributed by atoms with Crippen LogP contribution in [0.5, 0.6) is 0 Å². The number of carboxylic acids is 1. The number of hydrogen-bond donors (Lipinski definition) is 2. The number of amides is 2. The van der Waals surface area contributed by atoms with Crippen molar-refractivity contribution in [3.63, 3.8) is 0 Å². The molecule has 0 radical (unpaired) electrons. The normalized spacial score (nSPS) is 35.0. The van der Waals surface area contributed by atoms with Gasteiger partial charge in [0.25, 0.3) is 0 Å². The number of piperidine rings is 1. The second-order valence-electron chi connectivity index (χ2n) is 9.74. The van der Waals surface area contributed by atoms with Crippen molar-refractivity contribution in [3.05, 3.63) is 35.4 Å². The van der Waals surface area contributed by atoms with Crippen molar-refractivity contribution in [1.29, 1.82) is 0 Å². The summed E-state index contributed by atoms with van der Waals surface area (Å²) in [6.07, 6.45) is 0.952. The van der Waals surface area contributed by atoms with Gasteiger partial charge >= 0.3 is 12.1 Å². The van der Waals surface area contributed by atoms with E-state index in [4.69, 9.17) is 4.74 Å². The number of likely N-dealkylation sites (tertiary alicyclic amines) is 1. The van der Waals surface area contributed by atoms with Crippen LogP contribution >= 0.6 is 0 Å². The van der Waals surface area contributed by atoms with Crippen molar-refractivity contribution in [3.8, 4) is 0 Å². The van der Waals surface area contributed by atoms with Crippen molar-refractivity contribution in [2.24, 2.45) is 17.8 Å². The van der Waals surface area contributed by atoms with Crippen LogP contribution in [0.15, 0.2) is 24.3 Å². The zero-order valence-electron chi connectivity index (χ0n) is 16.7. The number of cyclic esters (lactones) is 1. The fourth-order valence-electron chi connectivity index (χ4n) is 5.49. The maximum atomic E-state index is 12.8. The van der Waals surface area contributed by atoms with Gasteiger partial charge in [-0.25, -0.2) is 4.79 Å². The molecule has 2 aliphatic carbocycles. The minimum Gasteiger partial charge on any atom is -0.481 e. The number of nitrogens with one attached hydrogen (secondary N) is 1. The summed E-state index contributed by atoms with van der Waals surface area (Å²) in [7, 11) is 0. The molecule has 5 rings (SSSR count). The summed E-state index contributed by atoms with van der Waals surface area (Å²) in [6.45, 7) is 5.36. The standard InChI is InChI=1S/C22H26N2O5/c1-21(2,19(26)27)14-5-3-4-12(6-14)17-15-9-24(10-16(15)17)18(25)13-7-22(8-13)11-29-20(28)23-22/h3-6,13,15-17H,7-11H2,1-2H3,(H,23,28)(H,26,27)/t13-,15-,16+,17+,22+. The van der Waals surface area contributed by atoms with Crippen molar-refractivity contribution in [1.82, 2.24) is 10.2 Å². The summed E-state index contributed by atoms with van der Waals surface area (Å²) >= 11 is 0. The Morgan fingerprint density at radius 3 is 2.52 bits per heavy atom. The summed E-state index contributed by atoms with van der Waals surface area (Å²) in [5.41, 5.74) is 0.773. The van der Waals surface area contributed by atoms with Gasteiger partial charge in [0.1, 0.15) is 6.61 Å². The summed E-state index contributed by atoms with van der Waals surface area (Å²) in [5.74, 6) is 0.691. The SMILES string of the molecule is CC(C)(C(=O)O)c1cccc([C@H]2[C@@H]3CN(C(=O)[C@H]4C[C@]5(COC(=O)N5)C4)C[C@@H]32)c1. The maximum absolute atomic E-state index is 12.8. The van der Waals surface area contributed by atoms with E-state index >= 15 is 0 Å². The fraction of sp³-hybridized carbons (Fsp3) is 0.591. The van der Waals surface area contributed by atoms with Crippen molar-refractivity contribution in [2.75, 3.05) is 19.7 Å². The van der Waals surface area contributed by atoms with Crippen molar-refractivity contribution < 1.29 is 24.2 Å². The molecule has 3 atom stereocenters. The molecule has 1 aromatic rings. The minimum atomic E-state index is -0.915. The van der Waals surface area contributed by atoms with E-state index in [1.165, 1.54) is 5.56 Å². The molecule has 2 heterocycles. The van der Waals surface area contributed by atoms with E-state index in [9.17, 15) is 19.5 Å². The lowest BCUT2D eigenvalue weighted by Gasteiger charge is -2.43. The third-order valence-electron chi connectivity index (χ3n) is 7.50. The Hall–Kier alpha value is -2.57. The molecule has 2 amide bonds. The molecule has 2 N–H and O–H groups in total. The van der Waals surface area contributed by atoms with E-state index in [1.54, 1.807) is 13.8 Å².